The van der Waals surface area contributed by atoms with Gasteiger partial charge >= 0.3 is 0 Å². The highest BCUT2D eigenvalue weighted by atomic mass is 16.5. The topological polar surface area (TPSA) is 83.5 Å². The molecule has 0 saturated carbocycles. The van der Waals surface area contributed by atoms with Gasteiger partial charge in [0.05, 0.1) is 18.7 Å². The number of piperazine rings is 1. The Morgan fingerprint density at radius 1 is 1.25 bits per heavy atom. The smallest absolute Gasteiger partial charge is 0.243 e. The molecule has 2 aromatic rings. The van der Waals surface area contributed by atoms with E-state index >= 15 is 0 Å². The number of aryl methyl sites for hydroxylation is 1. The van der Waals surface area contributed by atoms with Crippen LogP contribution in [0.1, 0.15) is 31.6 Å². The Morgan fingerprint density at radius 3 is 2.67 bits per heavy atom. The first-order valence-electron chi connectivity index (χ1n) is 8.60. The summed E-state index contributed by atoms with van der Waals surface area (Å²) in [4.78, 5) is 9.08. The van der Waals surface area contributed by atoms with E-state index in [-0.39, 0.29) is 6.04 Å². The molecule has 2 aromatic heterocycles. The molecule has 0 aromatic carbocycles. The van der Waals surface area contributed by atoms with E-state index in [0.29, 0.717) is 19.0 Å². The van der Waals surface area contributed by atoms with E-state index in [2.05, 4.69) is 32.0 Å². The summed E-state index contributed by atoms with van der Waals surface area (Å²) in [6, 6.07) is 2.00. The highest BCUT2D eigenvalue weighted by molar-refractivity contribution is 4.93. The van der Waals surface area contributed by atoms with Crippen molar-refractivity contribution in [3.8, 4) is 0 Å². The lowest BCUT2D eigenvalue weighted by atomic mass is 10.2. The van der Waals surface area contributed by atoms with E-state index in [0.717, 1.165) is 38.4 Å². The molecule has 2 atom stereocenters. The Hall–Kier alpha value is -1.77. The number of aliphatic hydroxyl groups excluding tert-OH is 1. The van der Waals surface area contributed by atoms with Crippen LogP contribution in [0.5, 0.6) is 0 Å². The van der Waals surface area contributed by atoms with Gasteiger partial charge < -0.3 is 9.63 Å². The van der Waals surface area contributed by atoms with Gasteiger partial charge in [-0.25, -0.2) is 0 Å². The zero-order valence-corrected chi connectivity index (χ0v) is 14.4. The Morgan fingerprint density at radius 2 is 2.04 bits per heavy atom. The van der Waals surface area contributed by atoms with Crippen LogP contribution in [-0.4, -0.2) is 73.7 Å². The van der Waals surface area contributed by atoms with Gasteiger partial charge in [-0.05, 0) is 13.0 Å². The molecule has 0 unspecified atom stereocenters. The summed E-state index contributed by atoms with van der Waals surface area (Å²) in [5.41, 5.74) is 0. The average Bonchev–Trinajstić information content (AvgIpc) is 3.26. The van der Waals surface area contributed by atoms with E-state index in [4.69, 9.17) is 4.52 Å². The maximum atomic E-state index is 10.2. The molecule has 0 amide bonds. The molecule has 3 rings (SSSR count). The van der Waals surface area contributed by atoms with Crippen LogP contribution < -0.4 is 0 Å². The van der Waals surface area contributed by atoms with E-state index in [1.807, 2.05) is 19.2 Å². The van der Waals surface area contributed by atoms with Gasteiger partial charge in [0.25, 0.3) is 0 Å². The second-order valence-corrected chi connectivity index (χ2v) is 6.30. The molecular weight excluding hydrogens is 308 g/mol. The fourth-order valence-electron chi connectivity index (χ4n) is 3.05. The third kappa shape index (κ3) is 4.19. The lowest BCUT2D eigenvalue weighted by Crippen LogP contribution is -2.49. The number of aromatic nitrogens is 4. The maximum absolute atomic E-state index is 10.2. The van der Waals surface area contributed by atoms with Crippen molar-refractivity contribution < 1.29 is 9.63 Å². The molecule has 0 aliphatic carbocycles. The van der Waals surface area contributed by atoms with E-state index < -0.39 is 6.10 Å². The third-order valence-electron chi connectivity index (χ3n) is 4.54. The molecule has 1 aliphatic rings. The van der Waals surface area contributed by atoms with Crippen LogP contribution in [0.25, 0.3) is 0 Å². The fourth-order valence-corrected chi connectivity index (χ4v) is 3.05. The predicted molar refractivity (Wildman–Crippen MR) is 88.3 cm³/mol. The molecule has 1 N–H and O–H groups in total. The summed E-state index contributed by atoms with van der Waals surface area (Å²) in [7, 11) is 0. The predicted octanol–water partition coefficient (Wildman–Crippen LogP) is 0.568. The fraction of sp³-hybridized carbons (Fsp3) is 0.688. The standard InChI is InChI=1S/C16H26N6O2/c1-3-15-18-16(24-19-15)13(2)21-9-7-20(8-10-21)11-14(23)12-22-6-4-5-17-22/h4-6,13-14,23H,3,7-12H2,1-2H3/t13-,14-/m1/s1. The van der Waals surface area contributed by atoms with Crippen molar-refractivity contribution in [3.05, 3.63) is 30.2 Å². The van der Waals surface area contributed by atoms with Gasteiger partial charge in [-0.1, -0.05) is 12.1 Å². The van der Waals surface area contributed by atoms with Gasteiger partial charge in [-0.15, -0.1) is 0 Å². The largest absolute Gasteiger partial charge is 0.390 e. The van der Waals surface area contributed by atoms with Gasteiger partial charge in [-0.2, -0.15) is 10.1 Å². The summed E-state index contributed by atoms with van der Waals surface area (Å²) in [6.45, 7) is 9.04. The highest BCUT2D eigenvalue weighted by Crippen LogP contribution is 2.20. The Kier molecular flexibility index (Phi) is 5.60. The lowest BCUT2D eigenvalue weighted by Gasteiger charge is -2.37. The summed E-state index contributed by atoms with van der Waals surface area (Å²) in [6.07, 6.45) is 3.99. The number of aliphatic hydroxyl groups is 1. The minimum Gasteiger partial charge on any atom is -0.390 e. The number of hydrogen-bond acceptors (Lipinski definition) is 7. The van der Waals surface area contributed by atoms with Gasteiger partial charge in [-0.3, -0.25) is 14.5 Å². The number of β-amino-alcohol motifs (C(OH)–C–C–N with tert-alkyl or cyclic N) is 1. The minimum atomic E-state index is -0.406. The first kappa shape index (κ1) is 17.1. The van der Waals surface area contributed by atoms with Crippen molar-refractivity contribution in [2.24, 2.45) is 0 Å². The summed E-state index contributed by atoms with van der Waals surface area (Å²) in [5, 5.41) is 18.3. The Labute approximate surface area is 142 Å². The summed E-state index contributed by atoms with van der Waals surface area (Å²) >= 11 is 0. The van der Waals surface area contributed by atoms with Crippen molar-refractivity contribution in [2.75, 3.05) is 32.7 Å². The SMILES string of the molecule is CCc1noc([C@@H](C)N2CCN(C[C@@H](O)Cn3cccn3)CC2)n1. The van der Waals surface area contributed by atoms with Gasteiger partial charge in [0.15, 0.2) is 5.82 Å². The first-order valence-corrected chi connectivity index (χ1v) is 8.60. The molecule has 0 bridgehead atoms. The number of nitrogens with zero attached hydrogens (tertiary/aromatic N) is 6. The third-order valence-corrected chi connectivity index (χ3v) is 4.54. The minimum absolute atomic E-state index is 0.133. The molecule has 8 nitrogen and oxygen atoms in total. The van der Waals surface area contributed by atoms with Crippen LogP contribution in [0.2, 0.25) is 0 Å². The Balaban J connectivity index is 1.45. The number of hydrogen-bond donors (Lipinski definition) is 1. The van der Waals surface area contributed by atoms with E-state index in [9.17, 15) is 5.11 Å². The van der Waals surface area contributed by atoms with E-state index in [1.165, 1.54) is 0 Å². The summed E-state index contributed by atoms with van der Waals surface area (Å²) < 4.78 is 7.12. The van der Waals surface area contributed by atoms with Crippen LogP contribution >= 0.6 is 0 Å². The first-order chi connectivity index (χ1) is 11.7. The molecule has 8 heteroatoms. The van der Waals surface area contributed by atoms with Crippen molar-refractivity contribution in [2.45, 2.75) is 39.0 Å². The molecule has 1 aliphatic heterocycles. The second-order valence-electron chi connectivity index (χ2n) is 6.30. The van der Waals surface area contributed by atoms with Crippen molar-refractivity contribution in [3.63, 3.8) is 0 Å². The molecule has 0 spiro atoms. The van der Waals surface area contributed by atoms with Crippen molar-refractivity contribution >= 4 is 0 Å². The van der Waals surface area contributed by atoms with Crippen LogP contribution in [0, 0.1) is 0 Å². The highest BCUT2D eigenvalue weighted by Gasteiger charge is 2.26. The van der Waals surface area contributed by atoms with Crippen LogP contribution in [0.3, 0.4) is 0 Å². The molecule has 24 heavy (non-hydrogen) atoms. The number of rotatable bonds is 7. The molecule has 1 saturated heterocycles. The Bertz CT molecular complexity index is 606. The molecule has 1 fully saturated rings. The van der Waals surface area contributed by atoms with Crippen LogP contribution in [0.4, 0.5) is 0 Å². The molecule has 132 valence electrons. The van der Waals surface area contributed by atoms with Crippen molar-refractivity contribution in [1.82, 2.24) is 29.7 Å². The zero-order chi connectivity index (χ0) is 16.9. The molecule has 3 heterocycles. The van der Waals surface area contributed by atoms with Gasteiger partial charge in [0, 0.05) is 51.5 Å². The zero-order valence-electron chi connectivity index (χ0n) is 14.4. The normalized spacial score (nSPS) is 19.5. The lowest BCUT2D eigenvalue weighted by molar-refractivity contribution is 0.0459. The monoisotopic (exact) mass is 334 g/mol. The van der Waals surface area contributed by atoms with Crippen molar-refractivity contribution in [1.29, 1.82) is 0 Å². The molecule has 0 radical (unpaired) electrons. The van der Waals surface area contributed by atoms with Gasteiger partial charge in [0.2, 0.25) is 5.89 Å². The maximum Gasteiger partial charge on any atom is 0.243 e. The quantitative estimate of drug-likeness (QED) is 0.792. The average molecular weight is 334 g/mol. The van der Waals surface area contributed by atoms with Crippen LogP contribution in [0.15, 0.2) is 23.0 Å². The summed E-state index contributed by atoms with van der Waals surface area (Å²) in [5.74, 6) is 1.45. The second kappa shape index (κ2) is 7.87. The van der Waals surface area contributed by atoms with Crippen LogP contribution in [-0.2, 0) is 13.0 Å². The molecular formula is C16H26N6O2. The van der Waals surface area contributed by atoms with E-state index in [1.54, 1.807) is 10.9 Å². The van der Waals surface area contributed by atoms with Gasteiger partial charge in [0.1, 0.15) is 0 Å².